The third kappa shape index (κ3) is 2.34. The van der Waals surface area contributed by atoms with Crippen molar-refractivity contribution in [3.05, 3.63) is 29.3 Å². The molecule has 1 N–H and O–H groups in total. The fourth-order valence-corrected chi connectivity index (χ4v) is 3.58. The molecular weight excluding hydrogens is 320 g/mol. The van der Waals surface area contributed by atoms with E-state index in [0.717, 1.165) is 5.56 Å². The quantitative estimate of drug-likeness (QED) is 0.847. The molecule has 1 aromatic carbocycles. The first-order valence-electron chi connectivity index (χ1n) is 8.49. The molecule has 0 spiro atoms. The third-order valence-electron chi connectivity index (χ3n) is 5.17. The Morgan fingerprint density at radius 1 is 1.52 bits per heavy atom. The van der Waals surface area contributed by atoms with E-state index in [1.54, 1.807) is 26.0 Å². The Hall–Kier alpha value is -2.39. The number of nitriles is 1. The van der Waals surface area contributed by atoms with Crippen LogP contribution >= 0.6 is 0 Å². The standard InChI is InChI=1S/C19H22N2O4/c1-5-24-17(23)18(4)16-19(9-20,10-21-18)15(22)13-8-12(11(2)3)6-7-14(13)25-16/h6-8,11,16,21H,5,10H2,1-4H3/t16-,18+,19-/m0/s1. The smallest absolute Gasteiger partial charge is 0.330 e. The fraction of sp³-hybridized carbons (Fsp3) is 0.526. The van der Waals surface area contributed by atoms with Gasteiger partial charge in [0.05, 0.1) is 18.2 Å². The number of hydrogen-bond donors (Lipinski definition) is 1. The van der Waals surface area contributed by atoms with Crippen molar-refractivity contribution in [2.24, 2.45) is 5.41 Å². The molecule has 0 amide bonds. The molecular formula is C19H22N2O4. The summed E-state index contributed by atoms with van der Waals surface area (Å²) in [4.78, 5) is 25.7. The second-order valence-corrected chi connectivity index (χ2v) is 7.10. The summed E-state index contributed by atoms with van der Waals surface area (Å²) < 4.78 is 11.2. The van der Waals surface area contributed by atoms with Crippen molar-refractivity contribution in [1.82, 2.24) is 5.32 Å². The highest BCUT2D eigenvalue weighted by Crippen LogP contribution is 2.46. The van der Waals surface area contributed by atoms with Gasteiger partial charge in [-0.15, -0.1) is 0 Å². The van der Waals surface area contributed by atoms with Gasteiger partial charge in [-0.1, -0.05) is 19.9 Å². The second-order valence-electron chi connectivity index (χ2n) is 7.10. The predicted molar refractivity (Wildman–Crippen MR) is 90.4 cm³/mol. The van der Waals surface area contributed by atoms with E-state index in [4.69, 9.17) is 9.47 Å². The zero-order valence-corrected chi connectivity index (χ0v) is 14.9. The number of ketones is 1. The zero-order chi connectivity index (χ0) is 18.4. The van der Waals surface area contributed by atoms with Gasteiger partial charge in [0.2, 0.25) is 0 Å². The summed E-state index contributed by atoms with van der Waals surface area (Å²) in [5.74, 6) is -0.165. The van der Waals surface area contributed by atoms with E-state index in [2.05, 4.69) is 11.4 Å². The first-order chi connectivity index (χ1) is 11.8. The highest BCUT2D eigenvalue weighted by molar-refractivity contribution is 6.07. The fourth-order valence-electron chi connectivity index (χ4n) is 3.58. The molecule has 3 atom stereocenters. The number of Topliss-reactive ketones (excluding diaryl/α,β-unsaturated/α-hetero) is 1. The van der Waals surface area contributed by atoms with Crippen LogP contribution in [0.3, 0.4) is 0 Å². The van der Waals surface area contributed by atoms with Crippen LogP contribution in [0.25, 0.3) is 0 Å². The Morgan fingerprint density at radius 3 is 2.84 bits per heavy atom. The minimum Gasteiger partial charge on any atom is -0.485 e. The summed E-state index contributed by atoms with van der Waals surface area (Å²) in [6, 6.07) is 7.56. The molecule has 2 heterocycles. The maximum Gasteiger partial charge on any atom is 0.330 e. The van der Waals surface area contributed by atoms with Crippen LogP contribution in [-0.2, 0) is 9.53 Å². The molecule has 2 aliphatic rings. The summed E-state index contributed by atoms with van der Waals surface area (Å²) >= 11 is 0. The second kappa shape index (κ2) is 5.85. The predicted octanol–water partition coefficient (Wildman–Crippen LogP) is 2.19. The number of benzene rings is 1. The van der Waals surface area contributed by atoms with Gasteiger partial charge in [0.15, 0.2) is 22.8 Å². The van der Waals surface area contributed by atoms with Crippen LogP contribution in [0.15, 0.2) is 18.2 Å². The Morgan fingerprint density at radius 2 is 2.24 bits per heavy atom. The van der Waals surface area contributed by atoms with E-state index in [9.17, 15) is 14.9 Å². The highest BCUT2D eigenvalue weighted by Gasteiger charge is 2.67. The number of fused-ring (bicyclic) bond motifs is 2. The number of carbonyl (C=O) groups excluding carboxylic acids is 2. The molecule has 6 nitrogen and oxygen atoms in total. The summed E-state index contributed by atoms with van der Waals surface area (Å²) in [7, 11) is 0. The van der Waals surface area contributed by atoms with Gasteiger partial charge in [-0.25, -0.2) is 4.79 Å². The molecule has 132 valence electrons. The number of hydrogen-bond acceptors (Lipinski definition) is 6. The first kappa shape index (κ1) is 17.4. The largest absolute Gasteiger partial charge is 0.485 e. The number of rotatable bonds is 3. The van der Waals surface area contributed by atoms with Gasteiger partial charge in [-0.3, -0.25) is 10.1 Å². The Balaban J connectivity index is 2.10. The number of carbonyl (C=O) groups is 2. The molecule has 0 radical (unpaired) electrons. The number of esters is 1. The normalized spacial score (nSPS) is 30.2. The molecule has 0 saturated carbocycles. The lowest BCUT2D eigenvalue weighted by Gasteiger charge is -2.38. The summed E-state index contributed by atoms with van der Waals surface area (Å²) in [5, 5.41) is 12.8. The van der Waals surface area contributed by atoms with Crippen molar-refractivity contribution >= 4 is 11.8 Å². The van der Waals surface area contributed by atoms with Gasteiger partial charge in [0.1, 0.15) is 5.75 Å². The molecule has 3 rings (SSSR count). The first-order valence-corrected chi connectivity index (χ1v) is 8.49. The van der Waals surface area contributed by atoms with Crippen LogP contribution in [0.4, 0.5) is 0 Å². The SMILES string of the molecule is CCOC(=O)[C@]1(C)NC[C@@]2(C#N)C(=O)c3cc(C(C)C)ccc3O[C@H]21. The van der Waals surface area contributed by atoms with Crippen molar-refractivity contribution < 1.29 is 19.1 Å². The van der Waals surface area contributed by atoms with Crippen LogP contribution in [-0.4, -0.2) is 36.5 Å². The average molecular weight is 342 g/mol. The van der Waals surface area contributed by atoms with Crippen LogP contribution in [0, 0.1) is 16.7 Å². The van der Waals surface area contributed by atoms with Gasteiger partial charge in [-0.05, 0) is 37.5 Å². The summed E-state index contributed by atoms with van der Waals surface area (Å²) in [6.45, 7) is 7.67. The van der Waals surface area contributed by atoms with Crippen molar-refractivity contribution in [2.45, 2.75) is 45.3 Å². The van der Waals surface area contributed by atoms with Crippen LogP contribution in [0.5, 0.6) is 5.75 Å². The monoisotopic (exact) mass is 342 g/mol. The highest BCUT2D eigenvalue weighted by atomic mass is 16.5. The molecule has 6 heteroatoms. The van der Waals surface area contributed by atoms with Gasteiger partial charge in [-0.2, -0.15) is 5.26 Å². The molecule has 1 fully saturated rings. The molecule has 1 aromatic rings. The van der Waals surface area contributed by atoms with E-state index in [1.807, 2.05) is 19.9 Å². The van der Waals surface area contributed by atoms with Crippen LogP contribution in [0.1, 0.15) is 49.5 Å². The van der Waals surface area contributed by atoms with Crippen LogP contribution in [0.2, 0.25) is 0 Å². The lowest BCUT2D eigenvalue weighted by Crippen LogP contribution is -2.59. The molecule has 0 bridgehead atoms. The third-order valence-corrected chi connectivity index (χ3v) is 5.17. The zero-order valence-electron chi connectivity index (χ0n) is 14.9. The van der Waals surface area contributed by atoms with Gasteiger partial charge in [0.25, 0.3) is 0 Å². The van der Waals surface area contributed by atoms with E-state index in [-0.39, 0.29) is 24.9 Å². The van der Waals surface area contributed by atoms with Gasteiger partial charge in [0, 0.05) is 6.54 Å². The molecule has 25 heavy (non-hydrogen) atoms. The molecule has 1 saturated heterocycles. The summed E-state index contributed by atoms with van der Waals surface area (Å²) in [6.07, 6.45) is -0.936. The summed E-state index contributed by atoms with van der Waals surface area (Å²) in [5.41, 5.74) is -1.29. The number of nitrogens with one attached hydrogen (secondary N) is 1. The lowest BCUT2D eigenvalue weighted by molar-refractivity contribution is -0.153. The topological polar surface area (TPSA) is 88.4 Å². The van der Waals surface area contributed by atoms with Gasteiger partial charge >= 0.3 is 5.97 Å². The minimum absolute atomic E-state index is 0.0493. The Kier molecular flexibility index (Phi) is 4.08. The maximum absolute atomic E-state index is 13.2. The molecule has 0 aliphatic carbocycles. The van der Waals surface area contributed by atoms with Crippen LogP contribution < -0.4 is 10.1 Å². The van der Waals surface area contributed by atoms with E-state index >= 15 is 0 Å². The minimum atomic E-state index is -1.44. The van der Waals surface area contributed by atoms with Gasteiger partial charge < -0.3 is 9.47 Å². The van der Waals surface area contributed by atoms with Crippen molar-refractivity contribution in [3.63, 3.8) is 0 Å². The molecule has 0 aromatic heterocycles. The number of ether oxygens (including phenoxy) is 2. The van der Waals surface area contributed by atoms with Crippen molar-refractivity contribution in [1.29, 1.82) is 5.26 Å². The number of nitrogens with zero attached hydrogens (tertiary/aromatic N) is 1. The van der Waals surface area contributed by atoms with Crippen molar-refractivity contribution in [3.8, 4) is 11.8 Å². The van der Waals surface area contributed by atoms with E-state index in [0.29, 0.717) is 11.3 Å². The average Bonchev–Trinajstić information content (AvgIpc) is 2.90. The van der Waals surface area contributed by atoms with E-state index < -0.39 is 23.0 Å². The molecule has 0 unspecified atom stereocenters. The Bertz CT molecular complexity index is 782. The lowest BCUT2D eigenvalue weighted by atomic mass is 9.72. The maximum atomic E-state index is 13.2. The van der Waals surface area contributed by atoms with E-state index in [1.165, 1.54) is 0 Å². The Labute approximate surface area is 147 Å². The molecule has 2 aliphatic heterocycles. The van der Waals surface area contributed by atoms with Crippen molar-refractivity contribution in [2.75, 3.05) is 13.2 Å².